The van der Waals surface area contributed by atoms with Crippen molar-refractivity contribution in [1.29, 1.82) is 0 Å². The Balaban J connectivity index is 2.56. The standard InChI is InChI=1S/C26H31ClO5/c1-15(2)32-24(31)26(6,7)20-13-16(12-19(23(20)30)25(3,4)5)8-11-21(28)18-10-9-17(27)14-22(18)29/h8-15,29-30H,1-7H3/b11-8+. The first-order valence-corrected chi connectivity index (χ1v) is 10.8. The molecule has 0 aromatic heterocycles. The third-order valence-electron chi connectivity index (χ3n) is 5.12. The van der Waals surface area contributed by atoms with Crippen molar-refractivity contribution in [2.24, 2.45) is 0 Å². The number of aromatic hydroxyl groups is 2. The maximum absolute atomic E-state index is 12.8. The molecule has 2 rings (SSSR count). The summed E-state index contributed by atoms with van der Waals surface area (Å²) in [5, 5.41) is 21.4. The lowest BCUT2D eigenvalue weighted by molar-refractivity contribution is -0.153. The van der Waals surface area contributed by atoms with Gasteiger partial charge in [-0.05, 0) is 75.1 Å². The molecule has 6 heteroatoms. The zero-order valence-corrected chi connectivity index (χ0v) is 20.4. The maximum Gasteiger partial charge on any atom is 0.316 e. The van der Waals surface area contributed by atoms with Gasteiger partial charge in [0.25, 0.3) is 0 Å². The number of phenols is 2. The number of ether oxygens (including phenoxy) is 1. The van der Waals surface area contributed by atoms with Crippen LogP contribution in [0.15, 0.2) is 36.4 Å². The number of hydrogen-bond acceptors (Lipinski definition) is 5. The minimum atomic E-state index is -1.11. The van der Waals surface area contributed by atoms with Gasteiger partial charge in [-0.25, -0.2) is 0 Å². The number of carbonyl (C=O) groups is 2. The summed E-state index contributed by atoms with van der Waals surface area (Å²) in [4.78, 5) is 25.4. The first-order valence-electron chi connectivity index (χ1n) is 10.4. The molecule has 0 bridgehead atoms. The summed E-state index contributed by atoms with van der Waals surface area (Å²) >= 11 is 5.84. The van der Waals surface area contributed by atoms with E-state index in [1.165, 1.54) is 24.3 Å². The number of phenolic OH excluding ortho intramolecular Hbond substituents is 2. The van der Waals surface area contributed by atoms with Crippen LogP contribution in [0.5, 0.6) is 11.5 Å². The van der Waals surface area contributed by atoms with E-state index in [2.05, 4.69) is 0 Å². The normalized spacial score (nSPS) is 12.4. The second-order valence-corrected chi connectivity index (χ2v) is 10.1. The number of carbonyl (C=O) groups excluding carboxylic acids is 2. The van der Waals surface area contributed by atoms with E-state index >= 15 is 0 Å². The third kappa shape index (κ3) is 5.71. The molecule has 0 radical (unpaired) electrons. The van der Waals surface area contributed by atoms with Gasteiger partial charge in [0.05, 0.1) is 17.1 Å². The van der Waals surface area contributed by atoms with E-state index in [1.807, 2.05) is 20.8 Å². The third-order valence-corrected chi connectivity index (χ3v) is 5.35. The number of esters is 1. The van der Waals surface area contributed by atoms with E-state index in [4.69, 9.17) is 16.3 Å². The van der Waals surface area contributed by atoms with Crippen LogP contribution < -0.4 is 0 Å². The van der Waals surface area contributed by atoms with Crippen molar-refractivity contribution in [2.45, 2.75) is 65.4 Å². The SMILES string of the molecule is CC(C)OC(=O)C(C)(C)c1cc(/C=C/C(=O)c2ccc(Cl)cc2O)cc(C(C)(C)C)c1O. The zero-order chi connectivity index (χ0) is 24.4. The summed E-state index contributed by atoms with van der Waals surface area (Å²) in [7, 11) is 0. The van der Waals surface area contributed by atoms with Gasteiger partial charge in [0, 0.05) is 16.1 Å². The van der Waals surface area contributed by atoms with E-state index in [9.17, 15) is 19.8 Å². The maximum atomic E-state index is 12.8. The van der Waals surface area contributed by atoms with Gasteiger partial charge in [0.2, 0.25) is 0 Å². The quantitative estimate of drug-likeness (QED) is 0.307. The van der Waals surface area contributed by atoms with Crippen molar-refractivity contribution in [2.75, 3.05) is 0 Å². The van der Waals surface area contributed by atoms with Gasteiger partial charge >= 0.3 is 5.97 Å². The molecular weight excluding hydrogens is 428 g/mol. The average Bonchev–Trinajstić information content (AvgIpc) is 2.65. The van der Waals surface area contributed by atoms with E-state index in [-0.39, 0.29) is 23.2 Å². The van der Waals surface area contributed by atoms with Gasteiger partial charge in [-0.15, -0.1) is 0 Å². The number of hydrogen-bond donors (Lipinski definition) is 2. The Kier molecular flexibility index (Phi) is 7.46. The predicted octanol–water partition coefficient (Wildman–Crippen LogP) is 6.17. The molecule has 0 saturated carbocycles. The minimum absolute atomic E-state index is 0.0297. The van der Waals surface area contributed by atoms with Crippen LogP contribution in [-0.4, -0.2) is 28.1 Å². The van der Waals surface area contributed by atoms with Crippen LogP contribution in [0.3, 0.4) is 0 Å². The topological polar surface area (TPSA) is 83.8 Å². The highest BCUT2D eigenvalue weighted by molar-refractivity contribution is 6.31. The molecular formula is C26H31ClO5. The summed E-state index contributed by atoms with van der Waals surface area (Å²) in [6.45, 7) is 12.8. The molecule has 0 spiro atoms. The molecule has 0 unspecified atom stereocenters. The number of benzene rings is 2. The molecule has 5 nitrogen and oxygen atoms in total. The van der Waals surface area contributed by atoms with E-state index in [1.54, 1.807) is 45.9 Å². The number of allylic oxidation sites excluding steroid dienone is 1. The van der Waals surface area contributed by atoms with E-state index in [0.717, 1.165) is 0 Å². The summed E-state index contributed by atoms with van der Waals surface area (Å²) in [5.74, 6) is -1.02. The van der Waals surface area contributed by atoms with Crippen molar-refractivity contribution in [3.05, 3.63) is 63.7 Å². The Hall–Kier alpha value is -2.79. The molecule has 0 aliphatic rings. The Bertz CT molecular complexity index is 1060. The van der Waals surface area contributed by atoms with Crippen LogP contribution >= 0.6 is 11.6 Å². The fourth-order valence-electron chi connectivity index (χ4n) is 3.25. The molecule has 0 heterocycles. The monoisotopic (exact) mass is 458 g/mol. The summed E-state index contributed by atoms with van der Waals surface area (Å²) < 4.78 is 5.41. The number of halogens is 1. The van der Waals surface area contributed by atoms with Gasteiger partial charge in [0.1, 0.15) is 11.5 Å². The van der Waals surface area contributed by atoms with Crippen molar-refractivity contribution >= 4 is 29.4 Å². The van der Waals surface area contributed by atoms with Crippen LogP contribution in [0.1, 0.15) is 75.5 Å². The first kappa shape index (κ1) is 25.5. The largest absolute Gasteiger partial charge is 0.507 e. The van der Waals surface area contributed by atoms with Crippen LogP contribution in [0, 0.1) is 0 Å². The number of ketones is 1. The number of rotatable bonds is 6. The summed E-state index contributed by atoms with van der Waals surface area (Å²) in [6, 6.07) is 7.76. The average molecular weight is 459 g/mol. The molecule has 0 saturated heterocycles. The predicted molar refractivity (Wildman–Crippen MR) is 128 cm³/mol. The first-order chi connectivity index (χ1) is 14.6. The molecule has 0 aliphatic carbocycles. The lowest BCUT2D eigenvalue weighted by Crippen LogP contribution is -2.33. The van der Waals surface area contributed by atoms with Gasteiger partial charge in [-0.1, -0.05) is 38.4 Å². The van der Waals surface area contributed by atoms with Crippen molar-refractivity contribution in [3.8, 4) is 11.5 Å². The van der Waals surface area contributed by atoms with Crippen molar-refractivity contribution in [1.82, 2.24) is 0 Å². The lowest BCUT2D eigenvalue weighted by Gasteiger charge is -2.29. The second kappa shape index (κ2) is 9.37. The molecule has 172 valence electrons. The van der Waals surface area contributed by atoms with Crippen LogP contribution in [0.25, 0.3) is 6.08 Å². The van der Waals surface area contributed by atoms with Crippen LogP contribution in [0.2, 0.25) is 5.02 Å². The van der Waals surface area contributed by atoms with Crippen molar-refractivity contribution in [3.63, 3.8) is 0 Å². The highest BCUT2D eigenvalue weighted by Crippen LogP contribution is 2.41. The van der Waals surface area contributed by atoms with Crippen LogP contribution in [0.4, 0.5) is 0 Å². The van der Waals surface area contributed by atoms with Gasteiger partial charge in [-0.2, -0.15) is 0 Å². The Morgan fingerprint density at radius 2 is 1.59 bits per heavy atom. The Labute approximate surface area is 194 Å². The molecule has 0 amide bonds. The van der Waals surface area contributed by atoms with Gasteiger partial charge < -0.3 is 14.9 Å². The molecule has 0 fully saturated rings. The molecule has 2 aromatic rings. The van der Waals surface area contributed by atoms with Gasteiger partial charge in [-0.3, -0.25) is 9.59 Å². The van der Waals surface area contributed by atoms with Crippen molar-refractivity contribution < 1.29 is 24.5 Å². The van der Waals surface area contributed by atoms with E-state index in [0.29, 0.717) is 21.7 Å². The zero-order valence-electron chi connectivity index (χ0n) is 19.6. The second-order valence-electron chi connectivity index (χ2n) is 9.65. The minimum Gasteiger partial charge on any atom is -0.507 e. The van der Waals surface area contributed by atoms with Crippen LogP contribution in [-0.2, 0) is 20.4 Å². The summed E-state index contributed by atoms with van der Waals surface area (Å²) in [6.07, 6.45) is 2.64. The lowest BCUT2D eigenvalue weighted by atomic mass is 9.77. The highest BCUT2D eigenvalue weighted by atomic mass is 35.5. The summed E-state index contributed by atoms with van der Waals surface area (Å²) in [5.41, 5.74) is 0.283. The molecule has 0 atom stereocenters. The smallest absolute Gasteiger partial charge is 0.316 e. The Morgan fingerprint density at radius 3 is 2.12 bits per heavy atom. The molecule has 2 N–H and O–H groups in total. The highest BCUT2D eigenvalue weighted by Gasteiger charge is 2.36. The van der Waals surface area contributed by atoms with E-state index < -0.39 is 22.6 Å². The fourth-order valence-corrected chi connectivity index (χ4v) is 3.41. The fraction of sp³-hybridized carbons (Fsp3) is 0.385. The molecule has 32 heavy (non-hydrogen) atoms. The van der Waals surface area contributed by atoms with Gasteiger partial charge in [0.15, 0.2) is 5.78 Å². The molecule has 2 aromatic carbocycles. The molecule has 0 aliphatic heterocycles. The Morgan fingerprint density at radius 1 is 1.00 bits per heavy atom.